The SMILES string of the molecule is CC(=O)N1CCN(C)CC1.CC(=O)NC1CCCCC1. The number of nitrogens with zero attached hydrogens (tertiary/aromatic N) is 2. The van der Waals surface area contributed by atoms with Crippen LogP contribution in [0.5, 0.6) is 0 Å². The van der Waals surface area contributed by atoms with E-state index in [0.29, 0.717) is 6.04 Å². The molecule has 2 rings (SSSR count). The first-order valence-electron chi connectivity index (χ1n) is 7.70. The van der Waals surface area contributed by atoms with Crippen molar-refractivity contribution in [1.29, 1.82) is 0 Å². The lowest BCUT2D eigenvalue weighted by Crippen LogP contribution is -2.46. The molecule has 0 atom stereocenters. The summed E-state index contributed by atoms with van der Waals surface area (Å²) < 4.78 is 0. The van der Waals surface area contributed by atoms with E-state index in [1.54, 1.807) is 13.8 Å². The smallest absolute Gasteiger partial charge is 0.219 e. The maximum atomic E-state index is 10.8. The lowest BCUT2D eigenvalue weighted by molar-refractivity contribution is -0.130. The van der Waals surface area contributed by atoms with Crippen molar-refractivity contribution in [2.24, 2.45) is 0 Å². The second-order valence-electron chi connectivity index (χ2n) is 5.84. The van der Waals surface area contributed by atoms with Crippen LogP contribution in [0.25, 0.3) is 0 Å². The minimum atomic E-state index is 0.118. The lowest BCUT2D eigenvalue weighted by atomic mass is 9.95. The first-order chi connectivity index (χ1) is 9.49. The minimum Gasteiger partial charge on any atom is -0.354 e. The summed E-state index contributed by atoms with van der Waals surface area (Å²) in [5, 5.41) is 2.94. The zero-order chi connectivity index (χ0) is 15.0. The van der Waals surface area contributed by atoms with E-state index in [1.165, 1.54) is 32.1 Å². The van der Waals surface area contributed by atoms with Crippen LogP contribution in [0.1, 0.15) is 46.0 Å². The number of carbonyl (C=O) groups is 2. The summed E-state index contributed by atoms with van der Waals surface area (Å²) in [7, 11) is 2.08. The van der Waals surface area contributed by atoms with Gasteiger partial charge in [0.2, 0.25) is 11.8 Å². The molecule has 1 saturated heterocycles. The first-order valence-corrected chi connectivity index (χ1v) is 7.70. The van der Waals surface area contributed by atoms with E-state index in [1.807, 2.05) is 4.90 Å². The molecule has 2 amide bonds. The highest BCUT2D eigenvalue weighted by atomic mass is 16.2. The average Bonchev–Trinajstić information content (AvgIpc) is 2.40. The second kappa shape index (κ2) is 8.95. The minimum absolute atomic E-state index is 0.118. The number of piperazine rings is 1. The lowest BCUT2D eigenvalue weighted by Gasteiger charge is -2.31. The molecular weight excluding hydrogens is 254 g/mol. The summed E-state index contributed by atoms with van der Waals surface area (Å²) in [5.74, 6) is 0.319. The van der Waals surface area contributed by atoms with Crippen LogP contribution in [-0.2, 0) is 9.59 Å². The third-order valence-electron chi connectivity index (χ3n) is 3.96. The van der Waals surface area contributed by atoms with Gasteiger partial charge in [0.25, 0.3) is 0 Å². The van der Waals surface area contributed by atoms with Crippen molar-refractivity contribution >= 4 is 11.8 Å². The molecule has 1 saturated carbocycles. The number of hydrogen-bond acceptors (Lipinski definition) is 3. The summed E-state index contributed by atoms with van der Waals surface area (Å²) in [6.45, 7) is 7.04. The molecule has 0 unspecified atom stereocenters. The molecule has 1 aliphatic heterocycles. The van der Waals surface area contributed by atoms with Crippen LogP contribution < -0.4 is 5.32 Å². The van der Waals surface area contributed by atoms with Gasteiger partial charge in [0.05, 0.1) is 0 Å². The Balaban J connectivity index is 0.000000200. The van der Waals surface area contributed by atoms with Gasteiger partial charge in [0.15, 0.2) is 0 Å². The molecule has 2 aliphatic rings. The normalized spacial score (nSPS) is 20.9. The van der Waals surface area contributed by atoms with Gasteiger partial charge in [-0.25, -0.2) is 0 Å². The highest BCUT2D eigenvalue weighted by Crippen LogP contribution is 2.16. The highest BCUT2D eigenvalue weighted by Gasteiger charge is 2.14. The Morgan fingerprint density at radius 1 is 0.950 bits per heavy atom. The third kappa shape index (κ3) is 6.89. The molecule has 0 spiro atoms. The molecule has 1 N–H and O–H groups in total. The molecule has 0 aromatic carbocycles. The Morgan fingerprint density at radius 3 is 1.95 bits per heavy atom. The van der Waals surface area contributed by atoms with Gasteiger partial charge in [0.1, 0.15) is 0 Å². The molecule has 0 radical (unpaired) electrons. The van der Waals surface area contributed by atoms with Crippen LogP contribution >= 0.6 is 0 Å². The van der Waals surface area contributed by atoms with E-state index >= 15 is 0 Å². The summed E-state index contributed by atoms with van der Waals surface area (Å²) in [6.07, 6.45) is 6.27. The Hall–Kier alpha value is -1.10. The Labute approximate surface area is 122 Å². The van der Waals surface area contributed by atoms with Crippen LogP contribution in [0, 0.1) is 0 Å². The van der Waals surface area contributed by atoms with Gasteiger partial charge in [-0.2, -0.15) is 0 Å². The average molecular weight is 283 g/mol. The molecule has 5 nitrogen and oxygen atoms in total. The largest absolute Gasteiger partial charge is 0.354 e. The van der Waals surface area contributed by atoms with Gasteiger partial charge in [-0.1, -0.05) is 19.3 Å². The first kappa shape index (κ1) is 17.0. The monoisotopic (exact) mass is 283 g/mol. The zero-order valence-corrected chi connectivity index (χ0v) is 13.2. The van der Waals surface area contributed by atoms with E-state index in [9.17, 15) is 9.59 Å². The second-order valence-corrected chi connectivity index (χ2v) is 5.84. The van der Waals surface area contributed by atoms with Crippen molar-refractivity contribution in [1.82, 2.24) is 15.1 Å². The predicted molar refractivity (Wildman–Crippen MR) is 80.4 cm³/mol. The van der Waals surface area contributed by atoms with Crippen molar-refractivity contribution in [2.75, 3.05) is 33.2 Å². The van der Waals surface area contributed by atoms with Crippen LogP contribution in [0.3, 0.4) is 0 Å². The van der Waals surface area contributed by atoms with Crippen LogP contribution in [0.2, 0.25) is 0 Å². The fourth-order valence-corrected chi connectivity index (χ4v) is 2.66. The van der Waals surface area contributed by atoms with Gasteiger partial charge in [-0.05, 0) is 19.9 Å². The fourth-order valence-electron chi connectivity index (χ4n) is 2.66. The molecule has 0 bridgehead atoms. The number of hydrogen-bond donors (Lipinski definition) is 1. The quantitative estimate of drug-likeness (QED) is 0.787. The molecule has 2 fully saturated rings. The molecule has 1 heterocycles. The fraction of sp³-hybridized carbons (Fsp3) is 0.867. The standard InChI is InChI=1S/C8H15NO.C7H14N2O/c1-7(10)9-8-5-3-2-4-6-8;1-7(10)9-5-3-8(2)4-6-9/h8H,2-6H2,1H3,(H,9,10);3-6H2,1-2H3. The zero-order valence-electron chi connectivity index (χ0n) is 13.2. The molecule has 5 heteroatoms. The molecule has 0 aromatic heterocycles. The molecular formula is C15H29N3O2. The van der Waals surface area contributed by atoms with Gasteiger partial charge in [-0.3, -0.25) is 9.59 Å². The number of likely N-dealkylation sites (N-methyl/N-ethyl adjacent to an activating group) is 1. The number of amides is 2. The highest BCUT2D eigenvalue weighted by molar-refractivity contribution is 5.73. The Morgan fingerprint density at radius 2 is 1.50 bits per heavy atom. The number of carbonyl (C=O) groups excluding carboxylic acids is 2. The van der Waals surface area contributed by atoms with E-state index < -0.39 is 0 Å². The third-order valence-corrected chi connectivity index (χ3v) is 3.96. The summed E-state index contributed by atoms with van der Waals surface area (Å²) in [6, 6.07) is 0.478. The van der Waals surface area contributed by atoms with Crippen LogP contribution in [-0.4, -0.2) is 60.9 Å². The van der Waals surface area contributed by atoms with Gasteiger partial charge in [0, 0.05) is 46.1 Å². The van der Waals surface area contributed by atoms with Crippen molar-refractivity contribution in [3.63, 3.8) is 0 Å². The van der Waals surface area contributed by atoms with Crippen molar-refractivity contribution in [3.8, 4) is 0 Å². The Bertz CT molecular complexity index is 306. The van der Waals surface area contributed by atoms with Gasteiger partial charge >= 0.3 is 0 Å². The van der Waals surface area contributed by atoms with Crippen molar-refractivity contribution < 1.29 is 9.59 Å². The summed E-state index contributed by atoms with van der Waals surface area (Å²) in [5.41, 5.74) is 0. The Kier molecular flexibility index (Phi) is 7.59. The number of rotatable bonds is 1. The van der Waals surface area contributed by atoms with Crippen LogP contribution in [0.4, 0.5) is 0 Å². The maximum absolute atomic E-state index is 10.8. The topological polar surface area (TPSA) is 52.7 Å². The van der Waals surface area contributed by atoms with E-state index in [2.05, 4.69) is 17.3 Å². The molecule has 0 aromatic rings. The van der Waals surface area contributed by atoms with Crippen molar-refractivity contribution in [3.05, 3.63) is 0 Å². The molecule has 116 valence electrons. The molecule has 1 aliphatic carbocycles. The van der Waals surface area contributed by atoms with Gasteiger partial charge in [-0.15, -0.1) is 0 Å². The predicted octanol–water partition coefficient (Wildman–Crippen LogP) is 1.24. The van der Waals surface area contributed by atoms with Crippen LogP contribution in [0.15, 0.2) is 0 Å². The number of nitrogens with one attached hydrogen (secondary N) is 1. The van der Waals surface area contributed by atoms with Crippen molar-refractivity contribution in [2.45, 2.75) is 52.0 Å². The summed E-state index contributed by atoms with van der Waals surface area (Å²) in [4.78, 5) is 25.5. The summed E-state index contributed by atoms with van der Waals surface area (Å²) >= 11 is 0. The molecule has 20 heavy (non-hydrogen) atoms. The maximum Gasteiger partial charge on any atom is 0.219 e. The van der Waals surface area contributed by atoms with E-state index in [0.717, 1.165) is 26.2 Å². The van der Waals surface area contributed by atoms with E-state index in [4.69, 9.17) is 0 Å². The van der Waals surface area contributed by atoms with Gasteiger partial charge < -0.3 is 15.1 Å². The van der Waals surface area contributed by atoms with E-state index in [-0.39, 0.29) is 11.8 Å².